The molecular weight excluding hydrogens is 324 g/mol. The summed E-state index contributed by atoms with van der Waals surface area (Å²) in [5.74, 6) is 2.10. The van der Waals surface area contributed by atoms with Gasteiger partial charge in [-0.15, -0.1) is 11.3 Å². The van der Waals surface area contributed by atoms with Crippen LogP contribution in [0.5, 0.6) is 0 Å². The predicted molar refractivity (Wildman–Crippen MR) is 92.5 cm³/mol. The topological polar surface area (TPSA) is 72.1 Å². The number of aromatic nitrogens is 3. The molecule has 1 aliphatic heterocycles. The molecule has 0 aromatic carbocycles. The molecular formula is C17H24N4O2S. The molecule has 0 radical (unpaired) electrons. The number of carbonyl (C=O) groups is 1. The Kier molecular flexibility index (Phi) is 4.99. The number of rotatable bonds is 4. The lowest BCUT2D eigenvalue weighted by Gasteiger charge is -2.30. The van der Waals surface area contributed by atoms with Crippen molar-refractivity contribution in [2.24, 2.45) is 0 Å². The van der Waals surface area contributed by atoms with E-state index in [1.54, 1.807) is 11.3 Å². The summed E-state index contributed by atoms with van der Waals surface area (Å²) in [7, 11) is 0. The zero-order valence-electron chi connectivity index (χ0n) is 14.7. The van der Waals surface area contributed by atoms with E-state index in [9.17, 15) is 4.79 Å². The van der Waals surface area contributed by atoms with E-state index in [-0.39, 0.29) is 17.7 Å². The molecule has 0 bridgehead atoms. The Labute approximate surface area is 146 Å². The minimum Gasteiger partial charge on any atom is -0.339 e. The van der Waals surface area contributed by atoms with Gasteiger partial charge < -0.3 is 9.42 Å². The average Bonchev–Trinajstić information content (AvgIpc) is 3.24. The third kappa shape index (κ3) is 3.50. The van der Waals surface area contributed by atoms with Crippen LogP contribution in [0, 0.1) is 0 Å². The highest BCUT2D eigenvalue weighted by Crippen LogP contribution is 2.28. The molecule has 0 unspecified atom stereocenters. The minimum atomic E-state index is 0.00966. The van der Waals surface area contributed by atoms with E-state index >= 15 is 0 Å². The van der Waals surface area contributed by atoms with Gasteiger partial charge in [-0.2, -0.15) is 4.98 Å². The second kappa shape index (κ2) is 7.01. The van der Waals surface area contributed by atoms with Crippen LogP contribution in [0.15, 0.2) is 9.90 Å². The van der Waals surface area contributed by atoms with Gasteiger partial charge in [0, 0.05) is 36.2 Å². The number of likely N-dealkylation sites (tertiary alicyclic amines) is 1. The first kappa shape index (κ1) is 17.1. The first-order valence-electron chi connectivity index (χ1n) is 8.54. The summed E-state index contributed by atoms with van der Waals surface area (Å²) in [4.78, 5) is 23.6. The Balaban J connectivity index is 1.71. The Bertz CT molecular complexity index is 707. The lowest BCUT2D eigenvalue weighted by Crippen LogP contribution is -2.39. The molecule has 3 heterocycles. The standard InChI is InChI=1S/C17H24N4O2S/c1-10(2)15-19-14(20-23-15)12-6-5-7-21(8-12)17(22)13-9-24-16(18-13)11(3)4/h9-12H,5-8H2,1-4H3/t12-/m0/s1. The Hall–Kier alpha value is -1.76. The summed E-state index contributed by atoms with van der Waals surface area (Å²) in [6, 6.07) is 0. The fourth-order valence-corrected chi connectivity index (χ4v) is 3.64. The SMILES string of the molecule is CC(C)c1nc([C@H]2CCCN(C(=O)c3csc(C(C)C)n3)C2)no1. The van der Waals surface area contributed by atoms with Gasteiger partial charge in [0.15, 0.2) is 5.82 Å². The molecule has 1 fully saturated rings. The third-order valence-corrected chi connectivity index (χ3v) is 5.41. The second-order valence-corrected chi connectivity index (χ2v) is 7.85. The molecule has 7 heteroatoms. The van der Waals surface area contributed by atoms with Crippen LogP contribution in [-0.2, 0) is 0 Å². The van der Waals surface area contributed by atoms with Gasteiger partial charge in [0.1, 0.15) is 5.69 Å². The van der Waals surface area contributed by atoms with E-state index in [0.29, 0.717) is 24.0 Å². The largest absolute Gasteiger partial charge is 0.339 e. The number of carbonyl (C=O) groups excluding carboxylic acids is 1. The van der Waals surface area contributed by atoms with E-state index in [0.717, 1.165) is 30.2 Å². The van der Waals surface area contributed by atoms with Crippen molar-refractivity contribution in [3.63, 3.8) is 0 Å². The zero-order chi connectivity index (χ0) is 17.3. The number of piperidine rings is 1. The van der Waals surface area contributed by atoms with E-state index < -0.39 is 0 Å². The van der Waals surface area contributed by atoms with E-state index in [2.05, 4.69) is 29.0 Å². The Morgan fingerprint density at radius 3 is 2.71 bits per heavy atom. The smallest absolute Gasteiger partial charge is 0.273 e. The molecule has 1 saturated heterocycles. The average molecular weight is 348 g/mol. The normalized spacial score (nSPS) is 18.6. The van der Waals surface area contributed by atoms with Crippen LogP contribution in [0.25, 0.3) is 0 Å². The number of hydrogen-bond donors (Lipinski definition) is 0. The van der Waals surface area contributed by atoms with Gasteiger partial charge in [0.05, 0.1) is 5.01 Å². The van der Waals surface area contributed by atoms with Crippen molar-refractivity contribution in [3.05, 3.63) is 27.8 Å². The summed E-state index contributed by atoms with van der Waals surface area (Å²) in [6.45, 7) is 9.63. The van der Waals surface area contributed by atoms with Crippen molar-refractivity contribution in [2.75, 3.05) is 13.1 Å². The van der Waals surface area contributed by atoms with Gasteiger partial charge >= 0.3 is 0 Å². The van der Waals surface area contributed by atoms with Crippen molar-refractivity contribution < 1.29 is 9.32 Å². The molecule has 0 aliphatic carbocycles. The zero-order valence-corrected chi connectivity index (χ0v) is 15.5. The highest BCUT2D eigenvalue weighted by atomic mass is 32.1. The number of hydrogen-bond acceptors (Lipinski definition) is 6. The van der Waals surface area contributed by atoms with Crippen LogP contribution in [0.4, 0.5) is 0 Å². The van der Waals surface area contributed by atoms with Gasteiger partial charge in [-0.25, -0.2) is 4.98 Å². The van der Waals surface area contributed by atoms with Crippen LogP contribution in [-0.4, -0.2) is 39.0 Å². The molecule has 1 amide bonds. The molecule has 24 heavy (non-hydrogen) atoms. The quantitative estimate of drug-likeness (QED) is 0.840. The first-order valence-corrected chi connectivity index (χ1v) is 9.41. The highest BCUT2D eigenvalue weighted by molar-refractivity contribution is 7.09. The molecule has 130 valence electrons. The fourth-order valence-electron chi connectivity index (χ4n) is 2.83. The lowest BCUT2D eigenvalue weighted by molar-refractivity contribution is 0.0698. The van der Waals surface area contributed by atoms with Gasteiger partial charge in [0.25, 0.3) is 5.91 Å². The molecule has 2 aromatic heterocycles. The predicted octanol–water partition coefficient (Wildman–Crippen LogP) is 3.79. The van der Waals surface area contributed by atoms with Crippen molar-refractivity contribution >= 4 is 17.2 Å². The van der Waals surface area contributed by atoms with E-state index in [1.165, 1.54) is 0 Å². The van der Waals surface area contributed by atoms with Crippen molar-refractivity contribution in [2.45, 2.75) is 58.3 Å². The Morgan fingerprint density at radius 1 is 1.29 bits per heavy atom. The monoisotopic (exact) mass is 348 g/mol. The van der Waals surface area contributed by atoms with Crippen LogP contribution in [0.3, 0.4) is 0 Å². The molecule has 0 saturated carbocycles. The van der Waals surface area contributed by atoms with E-state index in [1.807, 2.05) is 24.1 Å². The van der Waals surface area contributed by atoms with Crippen LogP contribution in [0.2, 0.25) is 0 Å². The van der Waals surface area contributed by atoms with E-state index in [4.69, 9.17) is 4.52 Å². The van der Waals surface area contributed by atoms with Gasteiger partial charge in [-0.1, -0.05) is 32.9 Å². The first-order chi connectivity index (χ1) is 11.5. The maximum absolute atomic E-state index is 12.7. The third-order valence-electron chi connectivity index (χ3n) is 4.26. The number of nitrogens with zero attached hydrogens (tertiary/aromatic N) is 4. The lowest BCUT2D eigenvalue weighted by atomic mass is 9.97. The Morgan fingerprint density at radius 2 is 2.08 bits per heavy atom. The number of thiazole rings is 1. The second-order valence-electron chi connectivity index (χ2n) is 6.96. The van der Waals surface area contributed by atoms with Crippen molar-refractivity contribution in [3.8, 4) is 0 Å². The fraction of sp³-hybridized carbons (Fsp3) is 0.647. The van der Waals surface area contributed by atoms with Crippen molar-refractivity contribution in [1.29, 1.82) is 0 Å². The van der Waals surface area contributed by atoms with Crippen LogP contribution < -0.4 is 0 Å². The highest BCUT2D eigenvalue weighted by Gasteiger charge is 2.29. The molecule has 0 spiro atoms. The molecule has 3 rings (SSSR count). The van der Waals surface area contributed by atoms with Crippen molar-refractivity contribution in [1.82, 2.24) is 20.0 Å². The number of amides is 1. The molecule has 2 aromatic rings. The minimum absolute atomic E-state index is 0.00966. The van der Waals surface area contributed by atoms with Gasteiger partial charge in [-0.3, -0.25) is 4.79 Å². The van der Waals surface area contributed by atoms with Crippen LogP contribution in [0.1, 0.15) is 85.5 Å². The molecule has 6 nitrogen and oxygen atoms in total. The summed E-state index contributed by atoms with van der Waals surface area (Å²) in [5, 5.41) is 6.99. The molecule has 1 aliphatic rings. The summed E-state index contributed by atoms with van der Waals surface area (Å²) in [6.07, 6.45) is 1.93. The maximum Gasteiger partial charge on any atom is 0.273 e. The summed E-state index contributed by atoms with van der Waals surface area (Å²) >= 11 is 1.56. The molecule has 1 atom stereocenters. The molecule has 0 N–H and O–H groups in total. The van der Waals surface area contributed by atoms with Gasteiger partial charge in [0.2, 0.25) is 5.89 Å². The van der Waals surface area contributed by atoms with Crippen LogP contribution >= 0.6 is 11.3 Å². The summed E-state index contributed by atoms with van der Waals surface area (Å²) < 4.78 is 5.31. The van der Waals surface area contributed by atoms with Gasteiger partial charge in [-0.05, 0) is 12.8 Å². The maximum atomic E-state index is 12.7. The summed E-state index contributed by atoms with van der Waals surface area (Å²) in [5.41, 5.74) is 0.556.